The molecule has 1 aliphatic rings. The number of hydrogen-bond acceptors (Lipinski definition) is 4. The molecule has 0 N–H and O–H groups in total. The SMILES string of the molecule is CCOC1(OCC)OC(=O)c2c(Cl)c(Cl)c(Cl)c(Cl)c21. The zero-order valence-electron chi connectivity index (χ0n) is 10.6. The smallest absolute Gasteiger partial charge is 0.361 e. The number of fused-ring (bicyclic) bond motifs is 1. The van der Waals surface area contributed by atoms with Gasteiger partial charge in [0.1, 0.15) is 0 Å². The average molecular weight is 360 g/mol. The molecule has 4 nitrogen and oxygen atoms in total. The molecule has 0 aromatic heterocycles. The van der Waals surface area contributed by atoms with Crippen molar-refractivity contribution in [3.05, 3.63) is 31.2 Å². The third kappa shape index (κ3) is 2.28. The molecule has 0 amide bonds. The van der Waals surface area contributed by atoms with Gasteiger partial charge in [-0.05, 0) is 13.8 Å². The summed E-state index contributed by atoms with van der Waals surface area (Å²) in [6.45, 7) is 3.89. The number of ether oxygens (including phenoxy) is 3. The zero-order chi connectivity index (χ0) is 15.1. The van der Waals surface area contributed by atoms with Crippen LogP contribution in [0.5, 0.6) is 0 Å². The van der Waals surface area contributed by atoms with E-state index in [2.05, 4.69) is 0 Å². The summed E-state index contributed by atoms with van der Waals surface area (Å²) in [7, 11) is 0. The number of esters is 1. The third-order valence-corrected chi connectivity index (χ3v) is 4.48. The van der Waals surface area contributed by atoms with Gasteiger partial charge in [0.25, 0.3) is 0 Å². The Labute approximate surface area is 135 Å². The molecule has 1 aromatic rings. The Kier molecular flexibility index (Phi) is 4.74. The molecule has 2 rings (SSSR count). The lowest BCUT2D eigenvalue weighted by atomic mass is 10.1. The van der Waals surface area contributed by atoms with Crippen molar-refractivity contribution in [1.82, 2.24) is 0 Å². The van der Waals surface area contributed by atoms with E-state index < -0.39 is 11.9 Å². The lowest BCUT2D eigenvalue weighted by Gasteiger charge is -2.28. The number of hydrogen-bond donors (Lipinski definition) is 0. The van der Waals surface area contributed by atoms with E-state index in [1.807, 2.05) is 0 Å². The summed E-state index contributed by atoms with van der Waals surface area (Å²) in [4.78, 5) is 12.0. The van der Waals surface area contributed by atoms with Crippen LogP contribution < -0.4 is 0 Å². The van der Waals surface area contributed by atoms with Gasteiger partial charge in [0.15, 0.2) is 0 Å². The van der Waals surface area contributed by atoms with Gasteiger partial charge in [0.05, 0.1) is 44.4 Å². The third-order valence-electron chi connectivity index (χ3n) is 2.67. The maximum Gasteiger partial charge on any atom is 0.361 e. The van der Waals surface area contributed by atoms with Gasteiger partial charge in [-0.2, -0.15) is 0 Å². The minimum absolute atomic E-state index is 0.00738. The van der Waals surface area contributed by atoms with E-state index in [0.29, 0.717) is 0 Å². The number of carbonyl (C=O) groups is 1. The normalized spacial score (nSPS) is 16.2. The van der Waals surface area contributed by atoms with Crippen LogP contribution in [-0.2, 0) is 20.2 Å². The Morgan fingerprint density at radius 1 is 0.950 bits per heavy atom. The van der Waals surface area contributed by atoms with Gasteiger partial charge in [-0.3, -0.25) is 0 Å². The predicted octanol–water partition coefficient (Wildman–Crippen LogP) is 4.65. The fraction of sp³-hybridized carbons (Fsp3) is 0.417. The molecule has 0 saturated heterocycles. The molecule has 1 heterocycles. The number of rotatable bonds is 4. The molecule has 0 radical (unpaired) electrons. The van der Waals surface area contributed by atoms with Crippen molar-refractivity contribution in [3.63, 3.8) is 0 Å². The Balaban J connectivity index is 2.77. The van der Waals surface area contributed by atoms with Crippen molar-refractivity contribution >= 4 is 52.4 Å². The molecule has 1 aliphatic heterocycles. The summed E-state index contributed by atoms with van der Waals surface area (Å²) in [5, 5.41) is -0.0249. The molecule has 0 aliphatic carbocycles. The Hall–Kier alpha value is -0.230. The predicted molar refractivity (Wildman–Crippen MR) is 76.8 cm³/mol. The maximum atomic E-state index is 12.0. The monoisotopic (exact) mass is 358 g/mol. The number of carbonyl (C=O) groups excluding carboxylic acids is 1. The first-order valence-electron chi connectivity index (χ1n) is 5.77. The van der Waals surface area contributed by atoms with Crippen molar-refractivity contribution in [2.45, 2.75) is 19.8 Å². The van der Waals surface area contributed by atoms with Gasteiger partial charge in [-0.1, -0.05) is 46.4 Å². The van der Waals surface area contributed by atoms with Crippen LogP contribution in [0, 0.1) is 0 Å². The van der Waals surface area contributed by atoms with Crippen LogP contribution in [0.1, 0.15) is 29.8 Å². The minimum Gasteiger partial charge on any atom is -0.400 e. The first-order valence-corrected chi connectivity index (χ1v) is 7.28. The van der Waals surface area contributed by atoms with Crippen molar-refractivity contribution in [2.75, 3.05) is 13.2 Å². The van der Waals surface area contributed by atoms with Crippen LogP contribution >= 0.6 is 46.4 Å². The van der Waals surface area contributed by atoms with Gasteiger partial charge in [0.2, 0.25) is 0 Å². The highest BCUT2D eigenvalue weighted by Crippen LogP contribution is 2.51. The van der Waals surface area contributed by atoms with Crippen molar-refractivity contribution in [3.8, 4) is 0 Å². The number of cyclic esters (lactones) is 1. The standard InChI is InChI=1S/C12H10Cl4O4/c1-3-18-12(19-4-2)6-5(11(17)20-12)7(13)9(15)10(16)8(6)14/h3-4H2,1-2H3. The molecule has 0 atom stereocenters. The van der Waals surface area contributed by atoms with Crippen LogP contribution in [0.3, 0.4) is 0 Å². The number of benzene rings is 1. The first kappa shape index (κ1) is 16.1. The van der Waals surface area contributed by atoms with Crippen LogP contribution in [0.4, 0.5) is 0 Å². The van der Waals surface area contributed by atoms with E-state index in [1.165, 1.54) is 0 Å². The molecule has 20 heavy (non-hydrogen) atoms. The molecular weight excluding hydrogens is 350 g/mol. The van der Waals surface area contributed by atoms with Crippen LogP contribution in [-0.4, -0.2) is 19.2 Å². The summed E-state index contributed by atoms with van der Waals surface area (Å²) in [6.07, 6.45) is 0. The highest BCUT2D eigenvalue weighted by atomic mass is 35.5. The van der Waals surface area contributed by atoms with Gasteiger partial charge >= 0.3 is 11.9 Å². The average Bonchev–Trinajstić information content (AvgIpc) is 2.67. The maximum absolute atomic E-state index is 12.0. The molecule has 1 aromatic carbocycles. The summed E-state index contributed by atoms with van der Waals surface area (Å²) in [5.41, 5.74) is 0.153. The van der Waals surface area contributed by atoms with E-state index in [4.69, 9.17) is 60.6 Å². The van der Waals surface area contributed by atoms with Crippen LogP contribution in [0.2, 0.25) is 20.1 Å². The molecule has 8 heteroatoms. The first-order chi connectivity index (χ1) is 9.39. The summed E-state index contributed by atoms with van der Waals surface area (Å²) < 4.78 is 16.1. The van der Waals surface area contributed by atoms with Gasteiger partial charge < -0.3 is 14.2 Å². The van der Waals surface area contributed by atoms with E-state index in [0.717, 1.165) is 0 Å². The van der Waals surface area contributed by atoms with Gasteiger partial charge in [0, 0.05) is 0 Å². The Morgan fingerprint density at radius 3 is 1.95 bits per heavy atom. The van der Waals surface area contributed by atoms with E-state index in [1.54, 1.807) is 13.8 Å². The second kappa shape index (κ2) is 5.87. The van der Waals surface area contributed by atoms with Crippen molar-refractivity contribution < 1.29 is 19.0 Å². The van der Waals surface area contributed by atoms with E-state index in [-0.39, 0.29) is 44.4 Å². The molecule has 0 unspecified atom stereocenters. The second-order valence-corrected chi connectivity index (χ2v) is 5.33. The summed E-state index contributed by atoms with van der Waals surface area (Å²) in [5.74, 6) is -2.47. The van der Waals surface area contributed by atoms with Crippen LogP contribution in [0.25, 0.3) is 0 Å². The Bertz CT molecular complexity index is 567. The second-order valence-electron chi connectivity index (χ2n) is 3.82. The topological polar surface area (TPSA) is 44.8 Å². The highest BCUT2D eigenvalue weighted by molar-refractivity contribution is 6.53. The molecule has 0 spiro atoms. The minimum atomic E-state index is -1.75. The molecule has 0 fully saturated rings. The summed E-state index contributed by atoms with van der Waals surface area (Å²) in [6, 6.07) is 0. The molecule has 0 saturated carbocycles. The number of halogens is 4. The molecular formula is C12H10Cl4O4. The fourth-order valence-electron chi connectivity index (χ4n) is 1.96. The molecule has 0 bridgehead atoms. The van der Waals surface area contributed by atoms with Crippen LogP contribution in [0.15, 0.2) is 0 Å². The van der Waals surface area contributed by atoms with Crippen molar-refractivity contribution in [1.29, 1.82) is 0 Å². The molecule has 110 valence electrons. The van der Waals surface area contributed by atoms with E-state index in [9.17, 15) is 4.79 Å². The van der Waals surface area contributed by atoms with Gasteiger partial charge in [-0.15, -0.1) is 0 Å². The fourth-order valence-corrected chi connectivity index (χ4v) is 3.01. The summed E-state index contributed by atoms with van der Waals surface area (Å²) >= 11 is 24.2. The largest absolute Gasteiger partial charge is 0.400 e. The Morgan fingerprint density at radius 2 is 1.45 bits per heavy atom. The highest BCUT2D eigenvalue weighted by Gasteiger charge is 2.52. The lowest BCUT2D eigenvalue weighted by molar-refractivity contribution is -0.358. The van der Waals surface area contributed by atoms with Gasteiger partial charge in [-0.25, -0.2) is 4.79 Å². The zero-order valence-corrected chi connectivity index (χ0v) is 13.6. The van der Waals surface area contributed by atoms with E-state index >= 15 is 0 Å². The quantitative estimate of drug-likeness (QED) is 0.339. The van der Waals surface area contributed by atoms with Crippen molar-refractivity contribution in [2.24, 2.45) is 0 Å². The lowest BCUT2D eigenvalue weighted by Crippen LogP contribution is -2.34.